The number of rotatable bonds is 7. The highest BCUT2D eigenvalue weighted by Gasteiger charge is 2.26. The van der Waals surface area contributed by atoms with E-state index >= 15 is 0 Å². The summed E-state index contributed by atoms with van der Waals surface area (Å²) in [6, 6.07) is 18.5. The molecule has 1 amide bonds. The quantitative estimate of drug-likeness (QED) is 0.524. The van der Waals surface area contributed by atoms with Gasteiger partial charge in [-0.15, -0.1) is 0 Å². The summed E-state index contributed by atoms with van der Waals surface area (Å²) in [5.74, 6) is 1.45. The summed E-state index contributed by atoms with van der Waals surface area (Å²) in [4.78, 5) is 26.5. The molecule has 0 aliphatic carbocycles. The number of nitrogens with one attached hydrogen (secondary N) is 2. The highest BCUT2D eigenvalue weighted by atomic mass is 16.5. The van der Waals surface area contributed by atoms with Crippen LogP contribution in [0.3, 0.4) is 0 Å². The van der Waals surface area contributed by atoms with Crippen molar-refractivity contribution in [3.8, 4) is 0 Å². The lowest BCUT2D eigenvalue weighted by Gasteiger charge is -2.33. The second-order valence-electron chi connectivity index (χ2n) is 9.50. The fourth-order valence-corrected chi connectivity index (χ4v) is 4.73. The summed E-state index contributed by atoms with van der Waals surface area (Å²) in [5.41, 5.74) is 4.47. The van der Waals surface area contributed by atoms with E-state index in [1.807, 2.05) is 6.07 Å². The molecular formula is C28H34N6O2. The third kappa shape index (κ3) is 6.12. The molecule has 2 fully saturated rings. The predicted molar refractivity (Wildman–Crippen MR) is 143 cm³/mol. The number of benzene rings is 2. The number of ether oxygens (including phenoxy) is 1. The lowest BCUT2D eigenvalue weighted by molar-refractivity contribution is -0.125. The van der Waals surface area contributed by atoms with E-state index in [-0.39, 0.29) is 11.8 Å². The topological polar surface area (TPSA) is 82.6 Å². The van der Waals surface area contributed by atoms with Crippen LogP contribution in [0.25, 0.3) is 0 Å². The van der Waals surface area contributed by atoms with Crippen LogP contribution in [-0.4, -0.2) is 55.3 Å². The smallest absolute Gasteiger partial charge is 0.229 e. The van der Waals surface area contributed by atoms with Gasteiger partial charge in [0.2, 0.25) is 11.9 Å². The Kier molecular flexibility index (Phi) is 7.61. The number of aromatic nitrogens is 2. The molecule has 3 aromatic rings. The fourth-order valence-electron chi connectivity index (χ4n) is 4.73. The Morgan fingerprint density at radius 3 is 2.56 bits per heavy atom. The Morgan fingerprint density at radius 1 is 1.00 bits per heavy atom. The Hall–Kier alpha value is -3.65. The number of hydrogen-bond acceptors (Lipinski definition) is 7. The molecule has 1 atom stereocenters. The Bertz CT molecular complexity index is 1150. The molecule has 0 unspecified atom stereocenters. The molecular weight excluding hydrogens is 452 g/mol. The molecule has 2 saturated heterocycles. The molecule has 5 rings (SSSR count). The van der Waals surface area contributed by atoms with Gasteiger partial charge in [0.1, 0.15) is 5.82 Å². The van der Waals surface area contributed by atoms with Crippen LogP contribution in [0.15, 0.2) is 60.8 Å². The molecule has 0 radical (unpaired) electrons. The fraction of sp³-hybridized carbons (Fsp3) is 0.393. The first-order chi connectivity index (χ1) is 17.6. The second kappa shape index (κ2) is 11.4. The molecule has 188 valence electrons. The van der Waals surface area contributed by atoms with Crippen LogP contribution in [0, 0.1) is 12.8 Å². The minimum absolute atomic E-state index is 0.0525. The van der Waals surface area contributed by atoms with Crippen molar-refractivity contribution in [2.45, 2.75) is 26.3 Å². The number of piperidine rings is 1. The number of anilines is 4. The van der Waals surface area contributed by atoms with Gasteiger partial charge in [-0.1, -0.05) is 29.8 Å². The molecule has 3 heterocycles. The van der Waals surface area contributed by atoms with Gasteiger partial charge in [0.05, 0.1) is 19.1 Å². The maximum atomic E-state index is 12.9. The van der Waals surface area contributed by atoms with E-state index in [1.54, 1.807) is 6.20 Å². The molecule has 36 heavy (non-hydrogen) atoms. The lowest BCUT2D eigenvalue weighted by atomic mass is 9.97. The zero-order valence-corrected chi connectivity index (χ0v) is 20.8. The average molecular weight is 487 g/mol. The van der Waals surface area contributed by atoms with Gasteiger partial charge in [-0.05, 0) is 55.7 Å². The van der Waals surface area contributed by atoms with Crippen LogP contribution < -0.4 is 20.4 Å². The monoisotopic (exact) mass is 486 g/mol. The number of morpholine rings is 1. The van der Waals surface area contributed by atoms with Crippen molar-refractivity contribution in [3.63, 3.8) is 0 Å². The number of nitrogens with zero attached hydrogens (tertiary/aromatic N) is 4. The van der Waals surface area contributed by atoms with Crippen molar-refractivity contribution in [2.75, 3.05) is 54.5 Å². The Morgan fingerprint density at radius 2 is 1.78 bits per heavy atom. The summed E-state index contributed by atoms with van der Waals surface area (Å²) in [6.45, 7) is 7.53. The normalized spacial score (nSPS) is 18.1. The van der Waals surface area contributed by atoms with Crippen LogP contribution in [0.1, 0.15) is 24.0 Å². The van der Waals surface area contributed by atoms with Crippen LogP contribution >= 0.6 is 0 Å². The first kappa shape index (κ1) is 24.1. The lowest BCUT2D eigenvalue weighted by Crippen LogP contribution is -2.43. The van der Waals surface area contributed by atoms with Gasteiger partial charge in [-0.25, -0.2) is 4.98 Å². The molecule has 0 spiro atoms. The van der Waals surface area contributed by atoms with Gasteiger partial charge >= 0.3 is 0 Å². The van der Waals surface area contributed by atoms with Crippen LogP contribution in [0.4, 0.5) is 23.1 Å². The zero-order chi connectivity index (χ0) is 24.7. The van der Waals surface area contributed by atoms with Crippen LogP contribution in [0.2, 0.25) is 0 Å². The summed E-state index contributed by atoms with van der Waals surface area (Å²) < 4.78 is 5.44. The van der Waals surface area contributed by atoms with Crippen molar-refractivity contribution < 1.29 is 9.53 Å². The second-order valence-corrected chi connectivity index (χ2v) is 9.50. The molecule has 8 heteroatoms. The summed E-state index contributed by atoms with van der Waals surface area (Å²) >= 11 is 0. The summed E-state index contributed by atoms with van der Waals surface area (Å²) in [6.07, 6.45) is 3.62. The van der Waals surface area contributed by atoms with Crippen molar-refractivity contribution in [3.05, 3.63) is 71.9 Å². The maximum Gasteiger partial charge on any atom is 0.229 e. The van der Waals surface area contributed by atoms with Gasteiger partial charge in [-0.2, -0.15) is 4.98 Å². The molecule has 2 aliphatic rings. The molecule has 2 aliphatic heterocycles. The molecule has 0 saturated carbocycles. The van der Waals surface area contributed by atoms with Gasteiger partial charge in [0.25, 0.3) is 0 Å². The van der Waals surface area contributed by atoms with Gasteiger partial charge in [-0.3, -0.25) is 4.79 Å². The third-order valence-corrected chi connectivity index (χ3v) is 6.84. The number of carbonyl (C=O) groups is 1. The van der Waals surface area contributed by atoms with Crippen molar-refractivity contribution in [1.29, 1.82) is 0 Å². The van der Waals surface area contributed by atoms with E-state index in [9.17, 15) is 4.79 Å². The van der Waals surface area contributed by atoms with Crippen molar-refractivity contribution in [1.82, 2.24) is 15.3 Å². The molecule has 2 aromatic carbocycles. The van der Waals surface area contributed by atoms with E-state index in [0.29, 0.717) is 19.0 Å². The highest BCUT2D eigenvalue weighted by Crippen LogP contribution is 2.24. The highest BCUT2D eigenvalue weighted by molar-refractivity contribution is 5.79. The number of carbonyl (C=O) groups excluding carboxylic acids is 1. The van der Waals surface area contributed by atoms with E-state index in [1.165, 1.54) is 11.3 Å². The van der Waals surface area contributed by atoms with E-state index < -0.39 is 0 Å². The predicted octanol–water partition coefficient (Wildman–Crippen LogP) is 3.90. The minimum Gasteiger partial charge on any atom is -0.378 e. The van der Waals surface area contributed by atoms with Gasteiger partial charge in [0.15, 0.2) is 0 Å². The third-order valence-electron chi connectivity index (χ3n) is 6.84. The Balaban J connectivity index is 1.17. The Labute approximate surface area is 212 Å². The number of hydrogen-bond donors (Lipinski definition) is 2. The minimum atomic E-state index is -0.0525. The summed E-state index contributed by atoms with van der Waals surface area (Å²) in [5, 5.41) is 6.43. The number of aryl methyl sites for hydroxylation is 1. The number of amides is 1. The van der Waals surface area contributed by atoms with E-state index in [0.717, 1.165) is 62.8 Å². The molecule has 1 aromatic heterocycles. The molecule has 8 nitrogen and oxygen atoms in total. The first-order valence-electron chi connectivity index (χ1n) is 12.7. The van der Waals surface area contributed by atoms with Gasteiger partial charge in [0, 0.05) is 50.3 Å². The largest absolute Gasteiger partial charge is 0.378 e. The van der Waals surface area contributed by atoms with Crippen LogP contribution in [0.5, 0.6) is 0 Å². The SMILES string of the molecule is Cc1ccc(CNC(=O)[C@H]2CCCN(c3ccnc(Nc4ccc(N5CCOCC5)cc4)n3)C2)cc1. The van der Waals surface area contributed by atoms with Crippen molar-refractivity contribution in [2.24, 2.45) is 5.92 Å². The maximum absolute atomic E-state index is 12.9. The molecule has 0 bridgehead atoms. The molecule has 2 N–H and O–H groups in total. The van der Waals surface area contributed by atoms with Gasteiger partial charge < -0.3 is 25.2 Å². The summed E-state index contributed by atoms with van der Waals surface area (Å²) in [7, 11) is 0. The standard InChI is InChI=1S/C28H34N6O2/c1-21-4-6-22(7-5-21)19-30-27(35)23-3-2-14-34(20-23)26-12-13-29-28(32-26)31-24-8-10-25(11-9-24)33-15-17-36-18-16-33/h4-13,23H,2-3,14-20H2,1H3,(H,30,35)(H,29,31,32)/t23-/m0/s1. The van der Waals surface area contributed by atoms with E-state index in [4.69, 9.17) is 9.72 Å². The zero-order valence-electron chi connectivity index (χ0n) is 20.8. The van der Waals surface area contributed by atoms with Crippen molar-refractivity contribution >= 4 is 29.0 Å². The van der Waals surface area contributed by atoms with Crippen LogP contribution in [-0.2, 0) is 16.1 Å². The van der Waals surface area contributed by atoms with E-state index in [2.05, 4.69) is 80.9 Å². The average Bonchev–Trinajstić information content (AvgIpc) is 2.94. The first-order valence-corrected chi connectivity index (χ1v) is 12.7.